The number of hydrogen-bond acceptors (Lipinski definition) is 3. The van der Waals surface area contributed by atoms with E-state index in [2.05, 4.69) is 32.2 Å². The molecule has 2 fully saturated rings. The molecule has 6 heteroatoms. The van der Waals surface area contributed by atoms with Crippen molar-refractivity contribution in [1.82, 2.24) is 15.1 Å². The van der Waals surface area contributed by atoms with Gasteiger partial charge in [-0.25, -0.2) is 0 Å². The number of carbonyl (C=O) groups excluding carboxylic acids is 3. The first kappa shape index (κ1) is 19.4. The van der Waals surface area contributed by atoms with Gasteiger partial charge in [0.15, 0.2) is 0 Å². The van der Waals surface area contributed by atoms with Crippen LogP contribution in [-0.2, 0) is 15.0 Å². The summed E-state index contributed by atoms with van der Waals surface area (Å²) in [6.07, 6.45) is 0.980. The molecular formula is C21H29N3O3. The molecule has 2 saturated heterocycles. The fraction of sp³-hybridized carbons (Fsp3) is 0.571. The Balaban J connectivity index is 1.65. The first-order chi connectivity index (χ1) is 12.7. The molecule has 0 aromatic heterocycles. The highest BCUT2D eigenvalue weighted by Crippen LogP contribution is 2.25. The number of hydrogen-bond donors (Lipinski definition) is 1. The van der Waals surface area contributed by atoms with E-state index >= 15 is 0 Å². The molecule has 3 rings (SSSR count). The van der Waals surface area contributed by atoms with Crippen LogP contribution < -0.4 is 5.32 Å². The Morgan fingerprint density at radius 1 is 1.07 bits per heavy atom. The van der Waals surface area contributed by atoms with Crippen molar-refractivity contribution in [2.24, 2.45) is 0 Å². The molecule has 2 heterocycles. The normalized spacial score (nSPS) is 20.6. The molecule has 1 unspecified atom stereocenters. The van der Waals surface area contributed by atoms with Gasteiger partial charge >= 0.3 is 0 Å². The van der Waals surface area contributed by atoms with E-state index in [4.69, 9.17) is 0 Å². The minimum atomic E-state index is -0.398. The molecule has 2 aliphatic heterocycles. The lowest BCUT2D eigenvalue weighted by Gasteiger charge is -2.36. The highest BCUT2D eigenvalue weighted by molar-refractivity contribution is 5.96. The highest BCUT2D eigenvalue weighted by Gasteiger charge is 2.33. The van der Waals surface area contributed by atoms with Crippen LogP contribution >= 0.6 is 0 Å². The summed E-state index contributed by atoms with van der Waals surface area (Å²) in [5, 5.41) is 2.73. The predicted octanol–water partition coefficient (Wildman–Crippen LogP) is 1.86. The van der Waals surface area contributed by atoms with E-state index in [0.717, 1.165) is 16.7 Å². The van der Waals surface area contributed by atoms with Crippen LogP contribution in [0.3, 0.4) is 0 Å². The summed E-state index contributed by atoms with van der Waals surface area (Å²) in [6.45, 7) is 10.4. The van der Waals surface area contributed by atoms with E-state index in [1.54, 1.807) is 4.90 Å². The maximum absolute atomic E-state index is 13.0. The van der Waals surface area contributed by atoms with Gasteiger partial charge in [0.2, 0.25) is 11.8 Å². The van der Waals surface area contributed by atoms with Crippen LogP contribution in [0, 0.1) is 6.92 Å². The Kier molecular flexibility index (Phi) is 5.27. The van der Waals surface area contributed by atoms with Crippen LogP contribution in [0.5, 0.6) is 0 Å². The van der Waals surface area contributed by atoms with Crippen LogP contribution in [0.4, 0.5) is 0 Å². The van der Waals surface area contributed by atoms with Gasteiger partial charge in [-0.3, -0.25) is 14.4 Å². The van der Waals surface area contributed by atoms with Crippen molar-refractivity contribution >= 4 is 17.7 Å². The summed E-state index contributed by atoms with van der Waals surface area (Å²) >= 11 is 0. The summed E-state index contributed by atoms with van der Waals surface area (Å²) in [6, 6.07) is 5.70. The Morgan fingerprint density at radius 3 is 2.26 bits per heavy atom. The molecule has 2 aliphatic rings. The second-order valence-corrected chi connectivity index (χ2v) is 8.56. The summed E-state index contributed by atoms with van der Waals surface area (Å²) in [7, 11) is 0. The summed E-state index contributed by atoms with van der Waals surface area (Å²) in [4.78, 5) is 40.5. The molecule has 6 nitrogen and oxygen atoms in total. The molecule has 0 radical (unpaired) electrons. The molecule has 1 aromatic rings. The number of nitrogens with zero attached hydrogens (tertiary/aromatic N) is 2. The van der Waals surface area contributed by atoms with Gasteiger partial charge in [-0.05, 0) is 36.0 Å². The van der Waals surface area contributed by atoms with Crippen LogP contribution in [0.1, 0.15) is 55.1 Å². The standard InChI is InChI=1S/C21H29N3O3/c1-14-5-6-15(21(2,3)4)13-16(14)19(26)23-9-11-24(12-10-23)20(27)17-7-8-18(25)22-17/h5-6,13,17H,7-12H2,1-4H3,(H,22,25). The number of piperazine rings is 1. The van der Waals surface area contributed by atoms with Crippen LogP contribution in [0.2, 0.25) is 0 Å². The van der Waals surface area contributed by atoms with Gasteiger partial charge in [-0.1, -0.05) is 32.9 Å². The zero-order valence-corrected chi connectivity index (χ0v) is 16.7. The fourth-order valence-corrected chi connectivity index (χ4v) is 3.64. The maximum atomic E-state index is 13.0. The largest absolute Gasteiger partial charge is 0.344 e. The fourth-order valence-electron chi connectivity index (χ4n) is 3.64. The molecule has 0 saturated carbocycles. The first-order valence-electron chi connectivity index (χ1n) is 9.65. The van der Waals surface area contributed by atoms with Crippen LogP contribution in [0.15, 0.2) is 18.2 Å². The lowest BCUT2D eigenvalue weighted by atomic mass is 9.85. The SMILES string of the molecule is Cc1ccc(C(C)(C)C)cc1C(=O)N1CCN(C(=O)C2CCC(=O)N2)CC1. The minimum absolute atomic E-state index is 0.0143. The van der Waals surface area contributed by atoms with Gasteiger partial charge in [-0.15, -0.1) is 0 Å². The zero-order valence-electron chi connectivity index (χ0n) is 16.7. The average molecular weight is 371 g/mol. The lowest BCUT2D eigenvalue weighted by Crippen LogP contribution is -2.54. The molecule has 0 bridgehead atoms. The molecule has 0 spiro atoms. The van der Waals surface area contributed by atoms with Gasteiger partial charge in [0, 0.05) is 38.2 Å². The van der Waals surface area contributed by atoms with Gasteiger partial charge in [0.1, 0.15) is 6.04 Å². The second-order valence-electron chi connectivity index (χ2n) is 8.56. The van der Waals surface area contributed by atoms with Crippen molar-refractivity contribution in [3.05, 3.63) is 34.9 Å². The third-order valence-corrected chi connectivity index (χ3v) is 5.51. The molecule has 3 amide bonds. The van der Waals surface area contributed by atoms with Gasteiger partial charge in [-0.2, -0.15) is 0 Å². The molecule has 1 aromatic carbocycles. The summed E-state index contributed by atoms with van der Waals surface area (Å²) in [5.74, 6) is -0.0601. The van der Waals surface area contributed by atoms with Gasteiger partial charge < -0.3 is 15.1 Å². The zero-order chi connectivity index (χ0) is 19.8. The van der Waals surface area contributed by atoms with E-state index in [1.807, 2.05) is 24.0 Å². The predicted molar refractivity (Wildman–Crippen MR) is 104 cm³/mol. The van der Waals surface area contributed by atoms with E-state index in [-0.39, 0.29) is 23.1 Å². The van der Waals surface area contributed by atoms with Crippen molar-refractivity contribution < 1.29 is 14.4 Å². The number of aryl methyl sites for hydroxylation is 1. The quantitative estimate of drug-likeness (QED) is 0.863. The number of amides is 3. The van der Waals surface area contributed by atoms with Crippen LogP contribution in [0.25, 0.3) is 0 Å². The van der Waals surface area contributed by atoms with Crippen molar-refractivity contribution in [2.75, 3.05) is 26.2 Å². The summed E-state index contributed by atoms with van der Waals surface area (Å²) < 4.78 is 0. The first-order valence-corrected chi connectivity index (χ1v) is 9.65. The van der Waals surface area contributed by atoms with E-state index in [0.29, 0.717) is 39.0 Å². The molecule has 0 aliphatic carbocycles. The Labute approximate surface area is 160 Å². The third-order valence-electron chi connectivity index (χ3n) is 5.51. The average Bonchev–Trinajstić information content (AvgIpc) is 3.06. The van der Waals surface area contributed by atoms with Crippen molar-refractivity contribution in [2.45, 2.75) is 52.0 Å². The number of carbonyl (C=O) groups is 3. The molecule has 146 valence electrons. The molecule has 1 N–H and O–H groups in total. The third kappa shape index (κ3) is 4.15. The number of benzene rings is 1. The van der Waals surface area contributed by atoms with Gasteiger partial charge in [0.05, 0.1) is 0 Å². The Bertz CT molecular complexity index is 758. The van der Waals surface area contributed by atoms with E-state index in [9.17, 15) is 14.4 Å². The van der Waals surface area contributed by atoms with Crippen LogP contribution in [-0.4, -0.2) is 59.7 Å². The topological polar surface area (TPSA) is 69.7 Å². The van der Waals surface area contributed by atoms with Crippen molar-refractivity contribution in [1.29, 1.82) is 0 Å². The monoisotopic (exact) mass is 371 g/mol. The van der Waals surface area contributed by atoms with Crippen molar-refractivity contribution in [3.63, 3.8) is 0 Å². The maximum Gasteiger partial charge on any atom is 0.254 e. The van der Waals surface area contributed by atoms with Crippen molar-refractivity contribution in [3.8, 4) is 0 Å². The van der Waals surface area contributed by atoms with E-state index < -0.39 is 6.04 Å². The Hall–Kier alpha value is -2.37. The molecular weight excluding hydrogens is 342 g/mol. The smallest absolute Gasteiger partial charge is 0.254 e. The minimum Gasteiger partial charge on any atom is -0.344 e. The second kappa shape index (κ2) is 7.33. The molecule has 27 heavy (non-hydrogen) atoms. The number of rotatable bonds is 2. The highest BCUT2D eigenvalue weighted by atomic mass is 16.2. The Morgan fingerprint density at radius 2 is 1.70 bits per heavy atom. The van der Waals surface area contributed by atoms with E-state index in [1.165, 1.54) is 0 Å². The lowest BCUT2D eigenvalue weighted by molar-refractivity contribution is -0.135. The molecule has 1 atom stereocenters. The number of nitrogens with one attached hydrogen (secondary N) is 1. The summed E-state index contributed by atoms with van der Waals surface area (Å²) in [5.41, 5.74) is 2.84. The van der Waals surface area contributed by atoms with Gasteiger partial charge in [0.25, 0.3) is 5.91 Å².